The van der Waals surface area contributed by atoms with Crippen molar-refractivity contribution in [3.05, 3.63) is 0 Å². The lowest BCUT2D eigenvalue weighted by atomic mass is 9.77. The van der Waals surface area contributed by atoms with E-state index in [2.05, 4.69) is 18.7 Å². The van der Waals surface area contributed by atoms with Crippen molar-refractivity contribution in [2.24, 2.45) is 5.41 Å². The van der Waals surface area contributed by atoms with Gasteiger partial charge in [0.25, 0.3) is 0 Å². The van der Waals surface area contributed by atoms with Gasteiger partial charge in [-0.25, -0.2) is 0 Å². The second kappa shape index (κ2) is 7.17. The van der Waals surface area contributed by atoms with Crippen LogP contribution in [0.3, 0.4) is 0 Å². The van der Waals surface area contributed by atoms with E-state index in [-0.39, 0.29) is 31.3 Å². The van der Waals surface area contributed by atoms with E-state index in [1.165, 1.54) is 0 Å². The second-order valence-corrected chi connectivity index (χ2v) is 4.48. The van der Waals surface area contributed by atoms with Gasteiger partial charge in [0.1, 0.15) is 0 Å². The summed E-state index contributed by atoms with van der Waals surface area (Å²) in [7, 11) is 1.95. The summed E-state index contributed by atoms with van der Waals surface area (Å²) in [5.41, 5.74) is -0.104. The van der Waals surface area contributed by atoms with Crippen molar-refractivity contribution >= 4 is 0 Å². The van der Waals surface area contributed by atoms with Crippen molar-refractivity contribution in [1.82, 2.24) is 4.90 Å². The Morgan fingerprint density at radius 1 is 1.07 bits per heavy atom. The zero-order valence-corrected chi connectivity index (χ0v) is 10.1. The lowest BCUT2D eigenvalue weighted by molar-refractivity contribution is 0.0482. The van der Waals surface area contributed by atoms with Gasteiger partial charge in [0.15, 0.2) is 0 Å². The smallest absolute Gasteiger partial charge is 0.0558 e. The van der Waals surface area contributed by atoms with E-state index < -0.39 is 0 Å². The van der Waals surface area contributed by atoms with Crippen molar-refractivity contribution < 1.29 is 15.3 Å². The van der Waals surface area contributed by atoms with Crippen LogP contribution >= 0.6 is 0 Å². The van der Waals surface area contributed by atoms with E-state index in [0.717, 1.165) is 0 Å². The average molecular weight is 219 g/mol. The highest BCUT2D eigenvalue weighted by Crippen LogP contribution is 2.32. The van der Waals surface area contributed by atoms with Crippen molar-refractivity contribution in [2.75, 3.05) is 33.4 Å². The van der Waals surface area contributed by atoms with Crippen molar-refractivity contribution in [1.29, 1.82) is 0 Å². The van der Waals surface area contributed by atoms with Crippen LogP contribution in [-0.4, -0.2) is 59.7 Å². The van der Waals surface area contributed by atoms with Crippen molar-refractivity contribution in [2.45, 2.75) is 32.7 Å². The van der Waals surface area contributed by atoms with Gasteiger partial charge in [-0.1, -0.05) is 6.92 Å². The molecule has 0 aliphatic rings. The Hall–Kier alpha value is -0.160. The minimum absolute atomic E-state index is 0.104. The molecular weight excluding hydrogens is 194 g/mol. The monoisotopic (exact) mass is 219 g/mol. The van der Waals surface area contributed by atoms with Crippen LogP contribution in [0, 0.1) is 5.41 Å². The first-order valence-electron chi connectivity index (χ1n) is 5.54. The van der Waals surface area contributed by atoms with Gasteiger partial charge in [0.2, 0.25) is 0 Å². The van der Waals surface area contributed by atoms with Gasteiger partial charge in [-0.05, 0) is 32.2 Å². The minimum Gasteiger partial charge on any atom is -0.396 e. The number of nitrogens with zero attached hydrogens (tertiary/aromatic N) is 1. The first kappa shape index (κ1) is 14.8. The van der Waals surface area contributed by atoms with E-state index in [9.17, 15) is 0 Å². The number of hydrogen-bond donors (Lipinski definition) is 3. The van der Waals surface area contributed by atoms with Crippen LogP contribution in [0.1, 0.15) is 26.7 Å². The maximum absolute atomic E-state index is 9.04. The van der Waals surface area contributed by atoms with Crippen molar-refractivity contribution in [3.63, 3.8) is 0 Å². The Morgan fingerprint density at radius 2 is 1.53 bits per heavy atom. The molecule has 0 aromatic rings. The molecular formula is C11H25NO3. The number of hydrogen-bond acceptors (Lipinski definition) is 4. The van der Waals surface area contributed by atoms with Crippen molar-refractivity contribution in [3.8, 4) is 0 Å². The molecule has 4 nitrogen and oxygen atoms in total. The second-order valence-electron chi connectivity index (χ2n) is 4.48. The van der Waals surface area contributed by atoms with Gasteiger partial charge >= 0.3 is 0 Å². The van der Waals surface area contributed by atoms with E-state index in [4.69, 9.17) is 15.3 Å². The standard InChI is InChI=1S/C11H25NO3/c1-10(12(3)6-9-15)11(2,4-7-13)5-8-14/h10,13-15H,4-9H2,1-3H3. The van der Waals surface area contributed by atoms with Crippen LogP contribution in [-0.2, 0) is 0 Å². The van der Waals surface area contributed by atoms with Gasteiger partial charge in [-0.15, -0.1) is 0 Å². The first-order chi connectivity index (χ1) is 7.01. The number of aliphatic hydroxyl groups is 3. The van der Waals surface area contributed by atoms with Crippen LogP contribution in [0.15, 0.2) is 0 Å². The maximum Gasteiger partial charge on any atom is 0.0558 e. The minimum atomic E-state index is -0.104. The number of likely N-dealkylation sites (N-methyl/N-ethyl adjacent to an activating group) is 1. The van der Waals surface area contributed by atoms with Gasteiger partial charge < -0.3 is 20.2 Å². The molecule has 0 radical (unpaired) electrons. The third-order valence-electron chi connectivity index (χ3n) is 3.49. The van der Waals surface area contributed by atoms with E-state index in [1.807, 2.05) is 7.05 Å². The molecule has 0 saturated carbocycles. The SMILES string of the molecule is CC(N(C)CCO)C(C)(CCO)CCO. The topological polar surface area (TPSA) is 63.9 Å². The Morgan fingerprint density at radius 3 is 1.87 bits per heavy atom. The summed E-state index contributed by atoms with van der Waals surface area (Å²) in [4.78, 5) is 2.06. The highest BCUT2D eigenvalue weighted by Gasteiger charge is 2.32. The molecule has 15 heavy (non-hydrogen) atoms. The summed E-state index contributed by atoms with van der Waals surface area (Å²) in [6, 6.07) is 0.226. The maximum atomic E-state index is 9.04. The molecule has 0 amide bonds. The zero-order chi connectivity index (χ0) is 11.9. The van der Waals surface area contributed by atoms with Gasteiger partial charge in [0.05, 0.1) is 6.61 Å². The molecule has 0 saturated heterocycles. The number of aliphatic hydroxyl groups excluding tert-OH is 3. The summed E-state index contributed by atoms with van der Waals surface area (Å²) in [6.07, 6.45) is 1.34. The third kappa shape index (κ3) is 4.47. The predicted octanol–water partition coefficient (Wildman–Crippen LogP) is 0.0701. The molecule has 0 spiro atoms. The summed E-state index contributed by atoms with van der Waals surface area (Å²) in [6.45, 7) is 5.16. The molecule has 3 N–H and O–H groups in total. The summed E-state index contributed by atoms with van der Waals surface area (Å²) >= 11 is 0. The zero-order valence-electron chi connectivity index (χ0n) is 10.1. The molecule has 0 fully saturated rings. The Balaban J connectivity index is 4.44. The van der Waals surface area contributed by atoms with Crippen LogP contribution in [0.2, 0.25) is 0 Å². The third-order valence-corrected chi connectivity index (χ3v) is 3.49. The molecule has 0 bridgehead atoms. The molecule has 0 aromatic carbocycles. The average Bonchev–Trinajstić information content (AvgIpc) is 2.17. The molecule has 4 heteroatoms. The largest absolute Gasteiger partial charge is 0.396 e. The fourth-order valence-corrected chi connectivity index (χ4v) is 1.94. The van der Waals surface area contributed by atoms with Crippen LogP contribution in [0.5, 0.6) is 0 Å². The lowest BCUT2D eigenvalue weighted by Gasteiger charge is -2.40. The summed E-state index contributed by atoms with van der Waals surface area (Å²) in [5.74, 6) is 0. The molecule has 0 aliphatic heterocycles. The van der Waals surface area contributed by atoms with E-state index in [0.29, 0.717) is 19.4 Å². The molecule has 1 unspecified atom stereocenters. The van der Waals surface area contributed by atoms with E-state index >= 15 is 0 Å². The summed E-state index contributed by atoms with van der Waals surface area (Å²) < 4.78 is 0. The van der Waals surface area contributed by atoms with Crippen LogP contribution in [0.4, 0.5) is 0 Å². The highest BCUT2D eigenvalue weighted by atomic mass is 16.3. The van der Waals surface area contributed by atoms with E-state index in [1.54, 1.807) is 0 Å². The van der Waals surface area contributed by atoms with Crippen LogP contribution < -0.4 is 0 Å². The quantitative estimate of drug-likeness (QED) is 0.540. The molecule has 1 atom stereocenters. The molecule has 92 valence electrons. The normalized spacial score (nSPS) is 14.6. The molecule has 0 aliphatic carbocycles. The lowest BCUT2D eigenvalue weighted by Crippen LogP contribution is -2.44. The molecule has 0 aromatic heterocycles. The molecule has 0 rings (SSSR count). The number of rotatable bonds is 8. The van der Waals surface area contributed by atoms with Gasteiger partial charge in [0, 0.05) is 25.8 Å². The van der Waals surface area contributed by atoms with Gasteiger partial charge in [-0.2, -0.15) is 0 Å². The predicted molar refractivity (Wildman–Crippen MR) is 60.7 cm³/mol. The van der Waals surface area contributed by atoms with Crippen LogP contribution in [0.25, 0.3) is 0 Å². The Labute approximate surface area is 92.5 Å². The highest BCUT2D eigenvalue weighted by molar-refractivity contribution is 4.85. The Kier molecular flexibility index (Phi) is 7.09. The first-order valence-corrected chi connectivity index (χ1v) is 5.54. The Bertz CT molecular complexity index is 158. The fraction of sp³-hybridized carbons (Fsp3) is 1.00. The fourth-order valence-electron chi connectivity index (χ4n) is 1.94. The summed E-state index contributed by atoms with van der Waals surface area (Å²) in [5, 5.41) is 26.9. The van der Waals surface area contributed by atoms with Gasteiger partial charge in [-0.3, -0.25) is 0 Å². The molecule has 0 heterocycles.